The molecule has 0 rings (SSSR count). The summed E-state index contributed by atoms with van der Waals surface area (Å²) in [6.07, 6.45) is 6.89. The van der Waals surface area contributed by atoms with Crippen LogP contribution in [0.15, 0.2) is 0 Å². The van der Waals surface area contributed by atoms with Gasteiger partial charge in [-0.1, -0.05) is 53.4 Å². The molecule has 0 aromatic carbocycles. The summed E-state index contributed by atoms with van der Waals surface area (Å²) >= 11 is 2.08. The number of unbranched alkanes of at least 4 members (excludes halogenated alkanes) is 3. The summed E-state index contributed by atoms with van der Waals surface area (Å²) < 4.78 is 0. The quantitative estimate of drug-likeness (QED) is 0.569. The Bertz CT molecular complexity index is 126. The molecule has 0 aromatic heterocycles. The molecular formula is C13H29NS. The van der Waals surface area contributed by atoms with Gasteiger partial charge in [0.05, 0.1) is 0 Å². The smallest absolute Gasteiger partial charge is 0.0158 e. The fourth-order valence-corrected chi connectivity index (χ4v) is 2.56. The van der Waals surface area contributed by atoms with Crippen LogP contribution in [0.1, 0.15) is 59.8 Å². The lowest BCUT2D eigenvalue weighted by Crippen LogP contribution is -2.31. The van der Waals surface area contributed by atoms with Crippen LogP contribution in [0.5, 0.6) is 0 Å². The third-order valence-corrected chi connectivity index (χ3v) is 3.79. The average molecular weight is 231 g/mol. The molecule has 1 unspecified atom stereocenters. The summed E-state index contributed by atoms with van der Waals surface area (Å²) in [5, 5.41) is 4.36. The van der Waals surface area contributed by atoms with E-state index in [0.717, 1.165) is 17.8 Å². The minimum absolute atomic E-state index is 0.735. The Morgan fingerprint density at radius 1 is 1.07 bits per heavy atom. The highest BCUT2D eigenvalue weighted by atomic mass is 32.2. The Hall–Kier alpha value is 0.310. The predicted molar refractivity (Wildman–Crippen MR) is 73.8 cm³/mol. The van der Waals surface area contributed by atoms with E-state index in [4.69, 9.17) is 0 Å². The molecule has 0 heterocycles. The minimum atomic E-state index is 0.735. The lowest BCUT2D eigenvalue weighted by Gasteiger charge is -2.18. The second kappa shape index (κ2) is 10.8. The van der Waals surface area contributed by atoms with E-state index in [2.05, 4.69) is 44.8 Å². The van der Waals surface area contributed by atoms with Crippen molar-refractivity contribution in [2.24, 2.45) is 0 Å². The number of rotatable bonds is 10. The molecule has 0 amide bonds. The summed E-state index contributed by atoms with van der Waals surface area (Å²) in [6, 6.07) is 0.735. The van der Waals surface area contributed by atoms with Crippen LogP contribution in [0.4, 0.5) is 0 Å². The molecule has 0 bridgehead atoms. The molecule has 1 N–H and O–H groups in total. The first-order chi connectivity index (χ1) is 7.20. The van der Waals surface area contributed by atoms with Crippen molar-refractivity contribution in [3.8, 4) is 0 Å². The summed E-state index contributed by atoms with van der Waals surface area (Å²) in [7, 11) is 0. The molecule has 0 saturated heterocycles. The molecule has 0 spiro atoms. The third kappa shape index (κ3) is 10.6. The number of nitrogens with one attached hydrogen (secondary N) is 1. The van der Waals surface area contributed by atoms with Crippen molar-refractivity contribution in [1.29, 1.82) is 0 Å². The van der Waals surface area contributed by atoms with Crippen LogP contribution in [-0.4, -0.2) is 23.6 Å². The van der Waals surface area contributed by atoms with Gasteiger partial charge >= 0.3 is 0 Å². The lowest BCUT2D eigenvalue weighted by atomic mass is 10.1. The van der Waals surface area contributed by atoms with E-state index in [1.165, 1.54) is 37.9 Å². The van der Waals surface area contributed by atoms with Crippen LogP contribution in [-0.2, 0) is 0 Å². The molecule has 1 atom stereocenters. The fraction of sp³-hybridized carbons (Fsp3) is 1.00. The summed E-state index contributed by atoms with van der Waals surface area (Å²) in [4.78, 5) is 0. The highest BCUT2D eigenvalue weighted by Gasteiger charge is 2.07. The average Bonchev–Trinajstić information content (AvgIpc) is 2.20. The molecule has 0 aliphatic heterocycles. The Kier molecular flexibility index (Phi) is 11.0. The van der Waals surface area contributed by atoms with Gasteiger partial charge in [-0.2, -0.15) is 11.8 Å². The van der Waals surface area contributed by atoms with Gasteiger partial charge in [-0.05, 0) is 18.2 Å². The van der Waals surface area contributed by atoms with Crippen LogP contribution < -0.4 is 5.32 Å². The van der Waals surface area contributed by atoms with Crippen molar-refractivity contribution in [2.45, 2.75) is 71.1 Å². The monoisotopic (exact) mass is 231 g/mol. The Balaban J connectivity index is 3.53. The maximum absolute atomic E-state index is 3.59. The van der Waals surface area contributed by atoms with Crippen molar-refractivity contribution in [1.82, 2.24) is 5.32 Å². The molecule has 0 aromatic rings. The van der Waals surface area contributed by atoms with Crippen LogP contribution in [0.3, 0.4) is 0 Å². The van der Waals surface area contributed by atoms with E-state index in [9.17, 15) is 0 Å². The number of hydrogen-bond acceptors (Lipinski definition) is 2. The third-order valence-electron chi connectivity index (χ3n) is 2.53. The normalized spacial score (nSPS) is 13.4. The van der Waals surface area contributed by atoms with Gasteiger partial charge in [0, 0.05) is 11.8 Å². The second-order valence-electron chi connectivity index (χ2n) is 4.49. The van der Waals surface area contributed by atoms with E-state index < -0.39 is 0 Å². The van der Waals surface area contributed by atoms with Gasteiger partial charge in [-0.3, -0.25) is 0 Å². The van der Waals surface area contributed by atoms with Gasteiger partial charge in [0.1, 0.15) is 0 Å². The zero-order valence-electron chi connectivity index (χ0n) is 11.0. The van der Waals surface area contributed by atoms with Crippen LogP contribution in [0, 0.1) is 0 Å². The van der Waals surface area contributed by atoms with E-state index in [1.54, 1.807) is 0 Å². The Morgan fingerprint density at radius 2 is 1.80 bits per heavy atom. The van der Waals surface area contributed by atoms with E-state index in [-0.39, 0.29) is 0 Å². The topological polar surface area (TPSA) is 12.0 Å². The zero-order chi connectivity index (χ0) is 11.5. The number of thioether (sulfide) groups is 1. The summed E-state index contributed by atoms with van der Waals surface area (Å²) in [6.45, 7) is 10.2. The summed E-state index contributed by atoms with van der Waals surface area (Å²) in [5.41, 5.74) is 0. The van der Waals surface area contributed by atoms with Gasteiger partial charge < -0.3 is 5.32 Å². The molecule has 2 heteroatoms. The number of hydrogen-bond donors (Lipinski definition) is 1. The molecule has 0 saturated carbocycles. The largest absolute Gasteiger partial charge is 0.313 e. The van der Waals surface area contributed by atoms with Gasteiger partial charge in [0.25, 0.3) is 0 Å². The van der Waals surface area contributed by atoms with Gasteiger partial charge in [0.2, 0.25) is 0 Å². The Labute approximate surface area is 101 Å². The molecule has 0 radical (unpaired) electrons. The predicted octanol–water partition coefficient (Wildman–Crippen LogP) is 4.08. The van der Waals surface area contributed by atoms with E-state index in [1.807, 2.05) is 0 Å². The van der Waals surface area contributed by atoms with Crippen molar-refractivity contribution in [2.75, 3.05) is 12.3 Å². The molecule has 0 aliphatic rings. The zero-order valence-corrected chi connectivity index (χ0v) is 11.8. The first kappa shape index (κ1) is 15.3. The van der Waals surface area contributed by atoms with Gasteiger partial charge in [0.15, 0.2) is 0 Å². The van der Waals surface area contributed by atoms with Crippen LogP contribution in [0.2, 0.25) is 0 Å². The molecule has 92 valence electrons. The first-order valence-electron chi connectivity index (χ1n) is 6.55. The minimum Gasteiger partial charge on any atom is -0.313 e. The highest BCUT2D eigenvalue weighted by Crippen LogP contribution is 2.14. The first-order valence-corrected chi connectivity index (χ1v) is 7.60. The molecule has 0 fully saturated rings. The fourth-order valence-electron chi connectivity index (χ4n) is 1.66. The van der Waals surface area contributed by atoms with Crippen LogP contribution in [0.25, 0.3) is 0 Å². The van der Waals surface area contributed by atoms with Crippen molar-refractivity contribution < 1.29 is 0 Å². The van der Waals surface area contributed by atoms with Gasteiger partial charge in [-0.15, -0.1) is 0 Å². The summed E-state index contributed by atoms with van der Waals surface area (Å²) in [5.74, 6) is 1.28. The lowest BCUT2D eigenvalue weighted by molar-refractivity contribution is 0.500. The van der Waals surface area contributed by atoms with Crippen LogP contribution >= 0.6 is 11.8 Å². The SMILES string of the molecule is CCCCCCC(CSC(C)C)NCC. The maximum Gasteiger partial charge on any atom is 0.0158 e. The van der Waals surface area contributed by atoms with Gasteiger partial charge in [-0.25, -0.2) is 0 Å². The van der Waals surface area contributed by atoms with Crippen molar-refractivity contribution in [3.63, 3.8) is 0 Å². The van der Waals surface area contributed by atoms with Crippen molar-refractivity contribution in [3.05, 3.63) is 0 Å². The standard InChI is InChI=1S/C13H29NS/c1-5-7-8-9-10-13(14-6-2)11-15-12(3)4/h12-14H,5-11H2,1-4H3. The van der Waals surface area contributed by atoms with E-state index in [0.29, 0.717) is 0 Å². The molecular weight excluding hydrogens is 202 g/mol. The molecule has 0 aliphatic carbocycles. The highest BCUT2D eigenvalue weighted by molar-refractivity contribution is 7.99. The van der Waals surface area contributed by atoms with Crippen molar-refractivity contribution >= 4 is 11.8 Å². The molecule has 1 nitrogen and oxygen atoms in total. The molecule has 15 heavy (non-hydrogen) atoms. The Morgan fingerprint density at radius 3 is 2.33 bits per heavy atom. The second-order valence-corrected chi connectivity index (χ2v) is 6.10. The maximum atomic E-state index is 3.59. The van der Waals surface area contributed by atoms with E-state index >= 15 is 0 Å².